The number of carbonyl (C=O) groups is 1. The Labute approximate surface area is 132 Å². The highest BCUT2D eigenvalue weighted by Gasteiger charge is 2.62. The summed E-state index contributed by atoms with van der Waals surface area (Å²) >= 11 is 6.17. The van der Waals surface area contributed by atoms with Crippen LogP contribution in [0.2, 0.25) is 5.02 Å². The Morgan fingerprint density at radius 2 is 2.18 bits per heavy atom. The fourth-order valence-corrected chi connectivity index (χ4v) is 4.14. The second-order valence-corrected chi connectivity index (χ2v) is 6.74. The number of aromatic nitrogens is 2. The average Bonchev–Trinajstić information content (AvgIpc) is 2.86. The van der Waals surface area contributed by atoms with Crippen molar-refractivity contribution in [2.75, 3.05) is 7.05 Å². The summed E-state index contributed by atoms with van der Waals surface area (Å²) in [5.41, 5.74) is 0.730. The molecule has 1 aromatic carbocycles. The number of H-pyrrole nitrogens is 1. The standard InChI is InChI=1S/C15H17ClN4O2/c1-17-14(21)19-13-9-4-15(22,5-10(9)13)11-3-8(16)2-7-6-18-20-12(7)11/h2-3,6,9-10,13,22H,4-5H2,1H3,(H,18,20)(H2,17,19,21)/t9-,10+,13+,15+. The lowest BCUT2D eigenvalue weighted by Crippen LogP contribution is -2.38. The van der Waals surface area contributed by atoms with Gasteiger partial charge in [0.15, 0.2) is 0 Å². The second kappa shape index (κ2) is 4.60. The van der Waals surface area contributed by atoms with Crippen molar-refractivity contribution in [1.82, 2.24) is 20.8 Å². The number of nitrogens with zero attached hydrogens (tertiary/aromatic N) is 1. The molecule has 22 heavy (non-hydrogen) atoms. The molecule has 6 nitrogen and oxygen atoms in total. The van der Waals surface area contributed by atoms with Gasteiger partial charge < -0.3 is 15.7 Å². The van der Waals surface area contributed by atoms with Crippen LogP contribution in [0.1, 0.15) is 18.4 Å². The van der Waals surface area contributed by atoms with E-state index in [1.807, 2.05) is 12.1 Å². The van der Waals surface area contributed by atoms with Crippen molar-refractivity contribution in [2.24, 2.45) is 11.8 Å². The van der Waals surface area contributed by atoms with E-state index in [0.29, 0.717) is 29.7 Å². The third-order valence-electron chi connectivity index (χ3n) is 5.02. The lowest BCUT2D eigenvalue weighted by atomic mass is 9.87. The molecular formula is C15H17ClN4O2. The highest BCUT2D eigenvalue weighted by atomic mass is 35.5. The van der Waals surface area contributed by atoms with E-state index in [2.05, 4.69) is 20.8 Å². The molecule has 2 fully saturated rings. The molecule has 2 amide bonds. The number of amides is 2. The molecule has 0 bridgehead atoms. The minimum atomic E-state index is -0.911. The minimum Gasteiger partial charge on any atom is -0.385 e. The first-order valence-electron chi connectivity index (χ1n) is 7.35. The van der Waals surface area contributed by atoms with Gasteiger partial charge in [-0.1, -0.05) is 11.6 Å². The molecule has 1 heterocycles. The van der Waals surface area contributed by atoms with Crippen LogP contribution in [0, 0.1) is 11.8 Å². The maximum absolute atomic E-state index is 11.4. The third kappa shape index (κ3) is 1.98. The van der Waals surface area contributed by atoms with Crippen LogP contribution >= 0.6 is 11.6 Å². The summed E-state index contributed by atoms with van der Waals surface area (Å²) in [6.07, 6.45) is 2.96. The van der Waals surface area contributed by atoms with E-state index in [-0.39, 0.29) is 12.1 Å². The Morgan fingerprint density at radius 3 is 2.86 bits per heavy atom. The lowest BCUT2D eigenvalue weighted by molar-refractivity contribution is 0.0297. The number of hydrogen-bond donors (Lipinski definition) is 4. The topological polar surface area (TPSA) is 90.0 Å². The van der Waals surface area contributed by atoms with E-state index < -0.39 is 5.60 Å². The largest absolute Gasteiger partial charge is 0.385 e. The zero-order valence-electron chi connectivity index (χ0n) is 12.1. The summed E-state index contributed by atoms with van der Waals surface area (Å²) in [5, 5.41) is 25.1. The maximum Gasteiger partial charge on any atom is 0.314 e. The molecule has 4 atom stereocenters. The van der Waals surface area contributed by atoms with Crippen molar-refractivity contribution in [3.05, 3.63) is 28.9 Å². The van der Waals surface area contributed by atoms with Gasteiger partial charge in [-0.15, -0.1) is 0 Å². The monoisotopic (exact) mass is 320 g/mol. The van der Waals surface area contributed by atoms with Crippen molar-refractivity contribution >= 4 is 28.5 Å². The molecule has 2 aromatic rings. The lowest BCUT2D eigenvalue weighted by Gasteiger charge is -2.27. The zero-order valence-corrected chi connectivity index (χ0v) is 12.8. The molecule has 2 saturated carbocycles. The molecule has 0 radical (unpaired) electrons. The second-order valence-electron chi connectivity index (χ2n) is 6.30. The molecular weight excluding hydrogens is 304 g/mol. The van der Waals surface area contributed by atoms with Crippen LogP contribution in [0.4, 0.5) is 4.79 Å². The van der Waals surface area contributed by atoms with Crippen molar-refractivity contribution in [2.45, 2.75) is 24.5 Å². The van der Waals surface area contributed by atoms with Crippen LogP contribution in [0.5, 0.6) is 0 Å². The molecule has 0 spiro atoms. The van der Waals surface area contributed by atoms with Crippen molar-refractivity contribution in [1.29, 1.82) is 0 Å². The molecule has 4 rings (SSSR count). The third-order valence-corrected chi connectivity index (χ3v) is 5.24. The van der Waals surface area contributed by atoms with Crippen molar-refractivity contribution < 1.29 is 9.90 Å². The first-order chi connectivity index (χ1) is 10.5. The molecule has 2 aliphatic rings. The van der Waals surface area contributed by atoms with E-state index in [4.69, 9.17) is 11.6 Å². The van der Waals surface area contributed by atoms with Crippen molar-refractivity contribution in [3.8, 4) is 0 Å². The molecule has 0 saturated heterocycles. The number of urea groups is 1. The molecule has 7 heteroatoms. The van der Waals surface area contributed by atoms with Gasteiger partial charge in [-0.25, -0.2) is 4.79 Å². The van der Waals surface area contributed by atoms with Gasteiger partial charge in [0, 0.05) is 29.1 Å². The summed E-state index contributed by atoms with van der Waals surface area (Å²) in [6, 6.07) is 3.64. The number of rotatable bonds is 2. The van der Waals surface area contributed by atoms with Gasteiger partial charge in [-0.3, -0.25) is 5.10 Å². The van der Waals surface area contributed by atoms with E-state index in [0.717, 1.165) is 16.5 Å². The van der Waals surface area contributed by atoms with E-state index >= 15 is 0 Å². The predicted molar refractivity (Wildman–Crippen MR) is 82.6 cm³/mol. The fraction of sp³-hybridized carbons (Fsp3) is 0.467. The SMILES string of the molecule is CNC(=O)N[C@H]1[C@@H]2C[C@@](O)(c3cc(Cl)cc4cn[nH]c34)C[C@@H]21. The molecule has 0 aliphatic heterocycles. The van der Waals surface area contributed by atoms with Gasteiger partial charge in [-0.05, 0) is 36.8 Å². The van der Waals surface area contributed by atoms with E-state index in [1.54, 1.807) is 13.2 Å². The summed E-state index contributed by atoms with van der Waals surface area (Å²) < 4.78 is 0. The molecule has 1 aromatic heterocycles. The highest BCUT2D eigenvalue weighted by Crippen LogP contribution is 2.60. The Balaban J connectivity index is 1.60. The Morgan fingerprint density at radius 1 is 1.45 bits per heavy atom. The minimum absolute atomic E-state index is 0.164. The van der Waals surface area contributed by atoms with Gasteiger partial charge in [0.1, 0.15) is 0 Å². The first kappa shape index (κ1) is 13.8. The number of aliphatic hydroxyl groups is 1. The number of hydrogen-bond acceptors (Lipinski definition) is 3. The normalized spacial score (nSPS) is 32.8. The summed E-state index contributed by atoms with van der Waals surface area (Å²) in [4.78, 5) is 11.4. The van der Waals surface area contributed by atoms with Gasteiger partial charge in [-0.2, -0.15) is 5.10 Å². The number of aromatic amines is 1. The van der Waals surface area contributed by atoms with Crippen LogP contribution < -0.4 is 10.6 Å². The number of carbonyl (C=O) groups excluding carboxylic acids is 1. The molecule has 4 N–H and O–H groups in total. The summed E-state index contributed by atoms with van der Waals surface area (Å²) in [6.45, 7) is 0. The van der Waals surface area contributed by atoms with E-state index in [1.165, 1.54) is 0 Å². The quantitative estimate of drug-likeness (QED) is 0.679. The Bertz CT molecular complexity index is 747. The highest BCUT2D eigenvalue weighted by molar-refractivity contribution is 6.31. The van der Waals surface area contributed by atoms with Crippen molar-refractivity contribution in [3.63, 3.8) is 0 Å². The Hall–Kier alpha value is -1.79. The van der Waals surface area contributed by atoms with Crippen LogP contribution in [-0.2, 0) is 5.60 Å². The summed E-state index contributed by atoms with van der Waals surface area (Å²) in [7, 11) is 1.60. The van der Waals surface area contributed by atoms with Crippen LogP contribution in [0.25, 0.3) is 10.9 Å². The van der Waals surface area contributed by atoms with Gasteiger partial charge in [0.25, 0.3) is 0 Å². The fourth-order valence-electron chi connectivity index (χ4n) is 3.91. The van der Waals surface area contributed by atoms with Crippen LogP contribution in [-0.4, -0.2) is 34.4 Å². The number of fused-ring (bicyclic) bond motifs is 2. The molecule has 0 unspecified atom stereocenters. The number of nitrogens with one attached hydrogen (secondary N) is 3. The average molecular weight is 321 g/mol. The zero-order chi connectivity index (χ0) is 15.5. The molecule has 116 valence electrons. The summed E-state index contributed by atoms with van der Waals surface area (Å²) in [5.74, 6) is 0.638. The van der Waals surface area contributed by atoms with Gasteiger partial charge in [0.05, 0.1) is 17.3 Å². The first-order valence-corrected chi connectivity index (χ1v) is 7.73. The van der Waals surface area contributed by atoms with Crippen LogP contribution in [0.15, 0.2) is 18.3 Å². The van der Waals surface area contributed by atoms with Gasteiger partial charge >= 0.3 is 6.03 Å². The maximum atomic E-state index is 11.4. The smallest absolute Gasteiger partial charge is 0.314 e. The Kier molecular flexibility index (Phi) is 2.90. The predicted octanol–water partition coefficient (Wildman–Crippen LogP) is 1.74. The number of benzene rings is 1. The van der Waals surface area contributed by atoms with Gasteiger partial charge in [0.2, 0.25) is 0 Å². The van der Waals surface area contributed by atoms with Crippen LogP contribution in [0.3, 0.4) is 0 Å². The van der Waals surface area contributed by atoms with E-state index in [9.17, 15) is 9.90 Å². The number of halogens is 1. The molecule has 2 aliphatic carbocycles.